The Kier molecular flexibility index (Phi) is 3.18. The van der Waals surface area contributed by atoms with Crippen LogP contribution in [0.25, 0.3) is 11.2 Å². The van der Waals surface area contributed by atoms with Gasteiger partial charge in [0.15, 0.2) is 10.8 Å². The number of hydrogen-bond donors (Lipinski definition) is 0. The second-order valence-corrected chi connectivity index (χ2v) is 8.76. The van der Waals surface area contributed by atoms with Crippen LogP contribution >= 0.6 is 23.2 Å². The minimum atomic E-state index is 0.194. The molecule has 4 aliphatic rings. The molecule has 23 heavy (non-hydrogen) atoms. The summed E-state index contributed by atoms with van der Waals surface area (Å²) in [5.41, 5.74) is 1.98. The number of imidazole rings is 1. The van der Waals surface area contributed by atoms with E-state index in [4.69, 9.17) is 23.2 Å². The Morgan fingerprint density at radius 2 is 1.70 bits per heavy atom. The van der Waals surface area contributed by atoms with Crippen molar-refractivity contribution >= 4 is 34.4 Å². The van der Waals surface area contributed by atoms with E-state index in [9.17, 15) is 0 Å². The van der Waals surface area contributed by atoms with Gasteiger partial charge in [-0.3, -0.25) is 0 Å². The van der Waals surface area contributed by atoms with E-state index >= 15 is 0 Å². The Bertz CT molecular complexity index is 734. The van der Waals surface area contributed by atoms with Gasteiger partial charge in [0.1, 0.15) is 5.52 Å². The Labute approximate surface area is 145 Å². The van der Waals surface area contributed by atoms with Gasteiger partial charge in [0.05, 0.1) is 6.33 Å². The van der Waals surface area contributed by atoms with Gasteiger partial charge < -0.3 is 4.57 Å². The fourth-order valence-corrected chi connectivity index (χ4v) is 6.42. The summed E-state index contributed by atoms with van der Waals surface area (Å²) in [7, 11) is 0. The first kappa shape index (κ1) is 14.5. The van der Waals surface area contributed by atoms with Crippen LogP contribution in [0.15, 0.2) is 6.33 Å². The van der Waals surface area contributed by atoms with Crippen molar-refractivity contribution in [1.29, 1.82) is 0 Å². The summed E-state index contributed by atoms with van der Waals surface area (Å²) in [6.45, 7) is 0.951. The maximum atomic E-state index is 6.12. The zero-order valence-corrected chi connectivity index (χ0v) is 14.5. The molecule has 0 atom stereocenters. The molecular formula is C17H20Cl2N4. The van der Waals surface area contributed by atoms with Gasteiger partial charge in [-0.15, -0.1) is 0 Å². The van der Waals surface area contributed by atoms with Gasteiger partial charge in [-0.1, -0.05) is 11.6 Å². The van der Waals surface area contributed by atoms with Crippen LogP contribution in [-0.4, -0.2) is 19.5 Å². The van der Waals surface area contributed by atoms with E-state index in [1.165, 1.54) is 44.9 Å². The number of aromatic nitrogens is 4. The first-order valence-corrected chi connectivity index (χ1v) is 9.40. The number of rotatable bonds is 3. The molecule has 6 heteroatoms. The van der Waals surface area contributed by atoms with E-state index in [2.05, 4.69) is 19.5 Å². The number of nitrogens with zero attached hydrogens (tertiary/aromatic N) is 4. The molecular weight excluding hydrogens is 331 g/mol. The standard InChI is InChI=1S/C17H20Cl2N4/c18-14-13-15(22-16(19)21-14)23(9-20-13)2-1-17-6-10-3-11(7-17)5-12(4-10)8-17/h9-12H,1-8H2. The summed E-state index contributed by atoms with van der Waals surface area (Å²) in [4.78, 5) is 12.7. The smallest absolute Gasteiger partial charge is 0.225 e. The molecule has 2 heterocycles. The van der Waals surface area contributed by atoms with Crippen molar-refractivity contribution in [3.8, 4) is 0 Å². The number of hydrogen-bond acceptors (Lipinski definition) is 3. The first-order valence-electron chi connectivity index (χ1n) is 8.64. The quantitative estimate of drug-likeness (QED) is 0.593. The molecule has 0 radical (unpaired) electrons. The Balaban J connectivity index is 1.41. The lowest BCUT2D eigenvalue weighted by molar-refractivity contribution is -0.0590. The fraction of sp³-hybridized carbons (Fsp3) is 0.706. The molecule has 0 unspecified atom stereocenters. The van der Waals surface area contributed by atoms with Crippen LogP contribution in [0.1, 0.15) is 44.9 Å². The summed E-state index contributed by atoms with van der Waals surface area (Å²) in [6, 6.07) is 0. The van der Waals surface area contributed by atoms with Crippen LogP contribution < -0.4 is 0 Å². The molecule has 4 bridgehead atoms. The van der Waals surface area contributed by atoms with E-state index in [0.717, 1.165) is 29.9 Å². The first-order chi connectivity index (χ1) is 11.1. The molecule has 6 rings (SSSR count). The molecule has 2 aromatic heterocycles. The lowest BCUT2D eigenvalue weighted by atomic mass is 9.49. The second-order valence-electron chi connectivity index (χ2n) is 8.06. The van der Waals surface area contributed by atoms with Crippen LogP contribution in [0.3, 0.4) is 0 Å². The monoisotopic (exact) mass is 350 g/mol. The third-order valence-electron chi connectivity index (χ3n) is 6.44. The van der Waals surface area contributed by atoms with E-state index in [0.29, 0.717) is 16.1 Å². The molecule has 0 aromatic carbocycles. The SMILES string of the molecule is Clc1nc(Cl)c2ncn(CCC34CC5CC(CC(C5)C3)C4)c2n1. The van der Waals surface area contributed by atoms with Crippen LogP contribution in [0, 0.1) is 23.2 Å². The van der Waals surface area contributed by atoms with Crippen molar-refractivity contribution in [2.75, 3.05) is 0 Å². The van der Waals surface area contributed by atoms with Crippen LogP contribution in [-0.2, 0) is 6.54 Å². The highest BCUT2D eigenvalue weighted by atomic mass is 35.5. The van der Waals surface area contributed by atoms with Gasteiger partial charge in [0.25, 0.3) is 0 Å². The molecule has 0 spiro atoms. The van der Waals surface area contributed by atoms with Crippen molar-refractivity contribution in [3.63, 3.8) is 0 Å². The Hall–Kier alpha value is -0.870. The molecule has 0 saturated heterocycles. The van der Waals surface area contributed by atoms with Crippen LogP contribution in [0.2, 0.25) is 10.4 Å². The topological polar surface area (TPSA) is 43.6 Å². The summed E-state index contributed by atoms with van der Waals surface area (Å²) >= 11 is 12.1. The number of fused-ring (bicyclic) bond motifs is 1. The molecule has 0 amide bonds. The van der Waals surface area contributed by atoms with Crippen molar-refractivity contribution in [2.24, 2.45) is 23.2 Å². The van der Waals surface area contributed by atoms with E-state index in [1.807, 2.05) is 6.33 Å². The Morgan fingerprint density at radius 1 is 1.04 bits per heavy atom. The summed E-state index contributed by atoms with van der Waals surface area (Å²) < 4.78 is 2.10. The lowest BCUT2D eigenvalue weighted by Crippen LogP contribution is -2.46. The average molecular weight is 351 g/mol. The Morgan fingerprint density at radius 3 is 2.35 bits per heavy atom. The molecule has 0 N–H and O–H groups in total. The van der Waals surface area contributed by atoms with Gasteiger partial charge in [0, 0.05) is 6.54 Å². The number of halogens is 2. The summed E-state index contributed by atoms with van der Waals surface area (Å²) in [6.07, 6.45) is 11.8. The summed E-state index contributed by atoms with van der Waals surface area (Å²) in [5.74, 6) is 2.98. The largest absolute Gasteiger partial charge is 0.315 e. The summed E-state index contributed by atoms with van der Waals surface area (Å²) in [5, 5.41) is 0.535. The van der Waals surface area contributed by atoms with Gasteiger partial charge >= 0.3 is 0 Å². The van der Waals surface area contributed by atoms with E-state index in [1.54, 1.807) is 0 Å². The van der Waals surface area contributed by atoms with E-state index in [-0.39, 0.29) is 5.28 Å². The molecule has 4 aliphatic carbocycles. The predicted molar refractivity (Wildman–Crippen MR) is 90.6 cm³/mol. The maximum absolute atomic E-state index is 6.12. The predicted octanol–water partition coefficient (Wildman–Crippen LogP) is 4.74. The van der Waals surface area contributed by atoms with Crippen molar-refractivity contribution in [3.05, 3.63) is 16.8 Å². The third kappa shape index (κ3) is 2.37. The van der Waals surface area contributed by atoms with E-state index < -0.39 is 0 Å². The molecule has 4 nitrogen and oxygen atoms in total. The van der Waals surface area contributed by atoms with Crippen molar-refractivity contribution in [1.82, 2.24) is 19.5 Å². The minimum absolute atomic E-state index is 0.194. The van der Waals surface area contributed by atoms with Crippen molar-refractivity contribution < 1.29 is 0 Å². The molecule has 0 aliphatic heterocycles. The highest BCUT2D eigenvalue weighted by molar-refractivity contribution is 6.35. The molecule has 4 fully saturated rings. The molecule has 2 aromatic rings. The third-order valence-corrected chi connectivity index (χ3v) is 6.87. The average Bonchev–Trinajstić information content (AvgIpc) is 2.87. The van der Waals surface area contributed by atoms with Crippen molar-refractivity contribution in [2.45, 2.75) is 51.5 Å². The molecule has 122 valence electrons. The fourth-order valence-electron chi connectivity index (χ4n) is 6.00. The highest BCUT2D eigenvalue weighted by Gasteiger charge is 2.50. The maximum Gasteiger partial charge on any atom is 0.225 e. The zero-order valence-electron chi connectivity index (χ0n) is 13.0. The highest BCUT2D eigenvalue weighted by Crippen LogP contribution is 2.61. The van der Waals surface area contributed by atoms with Gasteiger partial charge in [0.2, 0.25) is 5.28 Å². The second kappa shape index (κ2) is 5.06. The van der Waals surface area contributed by atoms with Gasteiger partial charge in [-0.2, -0.15) is 4.98 Å². The van der Waals surface area contributed by atoms with Crippen LogP contribution in [0.4, 0.5) is 0 Å². The molecule has 4 saturated carbocycles. The lowest BCUT2D eigenvalue weighted by Gasteiger charge is -2.57. The number of aryl methyl sites for hydroxylation is 1. The normalized spacial score (nSPS) is 35.3. The van der Waals surface area contributed by atoms with Crippen LogP contribution in [0.5, 0.6) is 0 Å². The minimum Gasteiger partial charge on any atom is -0.315 e. The van der Waals surface area contributed by atoms with Gasteiger partial charge in [-0.05, 0) is 79.7 Å². The zero-order chi connectivity index (χ0) is 15.6. The van der Waals surface area contributed by atoms with Gasteiger partial charge in [-0.25, -0.2) is 9.97 Å².